The molecule has 20 heavy (non-hydrogen) atoms. The molecule has 6 heteroatoms. The summed E-state index contributed by atoms with van der Waals surface area (Å²) >= 11 is 0. The maximum atomic E-state index is 12.2. The van der Waals surface area contributed by atoms with Gasteiger partial charge in [0.1, 0.15) is 5.82 Å². The Balaban J connectivity index is 2.72. The maximum absolute atomic E-state index is 12.2. The molecule has 0 atom stereocenters. The number of hydrogen-bond acceptors (Lipinski definition) is 5. The average Bonchev–Trinajstić information content (AvgIpc) is 2.42. The molecule has 1 rings (SSSR count). The Labute approximate surface area is 121 Å². The van der Waals surface area contributed by atoms with Crippen molar-refractivity contribution in [1.29, 1.82) is 0 Å². The molecule has 1 aromatic rings. The molecule has 6 nitrogen and oxygen atoms in total. The minimum atomic E-state index is -0.155. The average molecular weight is 279 g/mol. The van der Waals surface area contributed by atoms with Crippen molar-refractivity contribution in [1.82, 2.24) is 20.2 Å². The zero-order valence-electron chi connectivity index (χ0n) is 13.0. The molecule has 1 heterocycles. The second-order valence-corrected chi connectivity index (χ2v) is 5.31. The Hall–Kier alpha value is -1.69. The number of nitrogens with zero attached hydrogens (tertiary/aromatic N) is 3. The minimum Gasteiger partial charge on any atom is -0.385 e. The lowest BCUT2D eigenvalue weighted by Crippen LogP contribution is -2.29. The molecule has 0 fully saturated rings. The molecular formula is C14H25N5O. The van der Waals surface area contributed by atoms with Crippen LogP contribution in [-0.2, 0) is 0 Å². The molecule has 0 radical (unpaired) electrons. The van der Waals surface area contributed by atoms with Crippen molar-refractivity contribution in [2.24, 2.45) is 0 Å². The van der Waals surface area contributed by atoms with Crippen LogP contribution in [-0.4, -0.2) is 55.0 Å². The molecule has 1 aromatic heterocycles. The number of carbonyl (C=O) groups is 1. The Kier molecular flexibility index (Phi) is 6.38. The van der Waals surface area contributed by atoms with Crippen LogP contribution in [0.15, 0.2) is 6.20 Å². The second kappa shape index (κ2) is 7.79. The van der Waals surface area contributed by atoms with E-state index in [0.717, 1.165) is 13.0 Å². The highest BCUT2D eigenvalue weighted by atomic mass is 16.1. The van der Waals surface area contributed by atoms with E-state index >= 15 is 0 Å². The Morgan fingerprint density at radius 2 is 2.10 bits per heavy atom. The fourth-order valence-electron chi connectivity index (χ4n) is 1.71. The number of anilines is 1. The standard InChI is InChI=1S/C14H25N5O/c1-10(2)13-17-9-11(15-3)12(18-13)14(20)16-7-6-8-19(4)5/h9-10,15H,6-8H2,1-5H3,(H,16,20). The van der Waals surface area contributed by atoms with Gasteiger partial charge in [-0.1, -0.05) is 13.8 Å². The van der Waals surface area contributed by atoms with Gasteiger partial charge in [-0.05, 0) is 27.1 Å². The topological polar surface area (TPSA) is 70.1 Å². The normalized spacial score (nSPS) is 10.9. The van der Waals surface area contributed by atoms with Crippen molar-refractivity contribution >= 4 is 11.6 Å². The van der Waals surface area contributed by atoms with E-state index in [0.29, 0.717) is 23.8 Å². The van der Waals surface area contributed by atoms with E-state index in [-0.39, 0.29) is 11.8 Å². The number of rotatable bonds is 7. The third-order valence-electron chi connectivity index (χ3n) is 2.88. The van der Waals surface area contributed by atoms with E-state index in [9.17, 15) is 4.79 Å². The van der Waals surface area contributed by atoms with E-state index in [1.165, 1.54) is 0 Å². The van der Waals surface area contributed by atoms with Gasteiger partial charge in [-0.2, -0.15) is 0 Å². The summed E-state index contributed by atoms with van der Waals surface area (Å²) in [5, 5.41) is 5.86. The van der Waals surface area contributed by atoms with Gasteiger partial charge in [0.05, 0.1) is 11.9 Å². The fourth-order valence-corrected chi connectivity index (χ4v) is 1.71. The molecule has 0 spiro atoms. The summed E-state index contributed by atoms with van der Waals surface area (Å²) in [4.78, 5) is 22.9. The smallest absolute Gasteiger partial charge is 0.272 e. The van der Waals surface area contributed by atoms with E-state index < -0.39 is 0 Å². The summed E-state index contributed by atoms with van der Waals surface area (Å²) in [7, 11) is 5.79. The van der Waals surface area contributed by atoms with Crippen LogP contribution in [0.25, 0.3) is 0 Å². The molecule has 0 saturated heterocycles. The molecule has 0 aliphatic carbocycles. The number of amides is 1. The lowest BCUT2D eigenvalue weighted by molar-refractivity contribution is 0.0947. The highest BCUT2D eigenvalue weighted by molar-refractivity contribution is 5.97. The molecule has 0 bridgehead atoms. The fraction of sp³-hybridized carbons (Fsp3) is 0.643. The Morgan fingerprint density at radius 3 is 2.65 bits per heavy atom. The van der Waals surface area contributed by atoms with Gasteiger partial charge in [-0.15, -0.1) is 0 Å². The first-order chi connectivity index (χ1) is 9.45. The van der Waals surface area contributed by atoms with Crippen molar-refractivity contribution in [3.63, 3.8) is 0 Å². The van der Waals surface area contributed by atoms with Gasteiger partial charge in [0.15, 0.2) is 5.69 Å². The highest BCUT2D eigenvalue weighted by Gasteiger charge is 2.15. The lowest BCUT2D eigenvalue weighted by Gasteiger charge is -2.12. The third kappa shape index (κ3) is 4.77. The monoisotopic (exact) mass is 279 g/mol. The summed E-state index contributed by atoms with van der Waals surface area (Å²) < 4.78 is 0. The molecule has 0 aliphatic heterocycles. The largest absolute Gasteiger partial charge is 0.385 e. The second-order valence-electron chi connectivity index (χ2n) is 5.31. The summed E-state index contributed by atoms with van der Waals surface area (Å²) in [6.45, 7) is 5.60. The molecular weight excluding hydrogens is 254 g/mol. The van der Waals surface area contributed by atoms with Crippen molar-refractivity contribution in [3.05, 3.63) is 17.7 Å². The zero-order valence-corrected chi connectivity index (χ0v) is 13.0. The van der Waals surface area contributed by atoms with Gasteiger partial charge in [0.25, 0.3) is 5.91 Å². The van der Waals surface area contributed by atoms with Crippen LogP contribution in [0.1, 0.15) is 42.5 Å². The summed E-state index contributed by atoms with van der Waals surface area (Å²) in [6.07, 6.45) is 2.58. The predicted octanol–water partition coefficient (Wildman–Crippen LogP) is 1.32. The first-order valence-corrected chi connectivity index (χ1v) is 6.93. The van der Waals surface area contributed by atoms with Crippen LogP contribution in [0.5, 0.6) is 0 Å². The van der Waals surface area contributed by atoms with Gasteiger partial charge < -0.3 is 15.5 Å². The molecule has 2 N–H and O–H groups in total. The van der Waals surface area contributed by atoms with Crippen LogP contribution < -0.4 is 10.6 Å². The Bertz CT molecular complexity index is 445. The number of nitrogens with one attached hydrogen (secondary N) is 2. The SMILES string of the molecule is CNc1cnc(C(C)C)nc1C(=O)NCCCN(C)C. The van der Waals surface area contributed by atoms with Gasteiger partial charge in [-0.25, -0.2) is 9.97 Å². The first-order valence-electron chi connectivity index (χ1n) is 6.93. The third-order valence-corrected chi connectivity index (χ3v) is 2.88. The van der Waals surface area contributed by atoms with Crippen molar-refractivity contribution in [2.45, 2.75) is 26.2 Å². The van der Waals surface area contributed by atoms with Crippen LogP contribution >= 0.6 is 0 Å². The first kappa shape index (κ1) is 16.4. The maximum Gasteiger partial charge on any atom is 0.272 e. The van der Waals surface area contributed by atoms with E-state index in [1.807, 2.05) is 27.9 Å². The van der Waals surface area contributed by atoms with Crippen LogP contribution in [0.3, 0.4) is 0 Å². The number of aromatic nitrogens is 2. The zero-order chi connectivity index (χ0) is 15.1. The molecule has 0 aromatic carbocycles. The van der Waals surface area contributed by atoms with Crippen molar-refractivity contribution < 1.29 is 4.79 Å². The van der Waals surface area contributed by atoms with Crippen LogP contribution in [0.4, 0.5) is 5.69 Å². The number of carbonyl (C=O) groups excluding carboxylic acids is 1. The number of hydrogen-bond donors (Lipinski definition) is 2. The van der Waals surface area contributed by atoms with Gasteiger partial charge in [0, 0.05) is 19.5 Å². The van der Waals surface area contributed by atoms with Crippen LogP contribution in [0, 0.1) is 0 Å². The van der Waals surface area contributed by atoms with Gasteiger partial charge in [0.2, 0.25) is 0 Å². The van der Waals surface area contributed by atoms with Crippen molar-refractivity contribution in [3.8, 4) is 0 Å². The van der Waals surface area contributed by atoms with Gasteiger partial charge in [-0.3, -0.25) is 4.79 Å². The van der Waals surface area contributed by atoms with Crippen molar-refractivity contribution in [2.75, 3.05) is 39.5 Å². The molecule has 0 aliphatic rings. The molecule has 112 valence electrons. The van der Waals surface area contributed by atoms with Crippen LogP contribution in [0.2, 0.25) is 0 Å². The summed E-state index contributed by atoms with van der Waals surface area (Å²) in [6, 6.07) is 0. The highest BCUT2D eigenvalue weighted by Crippen LogP contribution is 2.15. The molecule has 1 amide bonds. The summed E-state index contributed by atoms with van der Waals surface area (Å²) in [5.41, 5.74) is 1.07. The van der Waals surface area contributed by atoms with E-state index in [1.54, 1.807) is 13.2 Å². The molecule has 0 saturated carbocycles. The van der Waals surface area contributed by atoms with Gasteiger partial charge >= 0.3 is 0 Å². The minimum absolute atomic E-state index is 0.155. The van der Waals surface area contributed by atoms with E-state index in [4.69, 9.17) is 0 Å². The quantitative estimate of drug-likeness (QED) is 0.737. The van der Waals surface area contributed by atoms with E-state index in [2.05, 4.69) is 25.5 Å². The summed E-state index contributed by atoms with van der Waals surface area (Å²) in [5.74, 6) is 0.723. The Morgan fingerprint density at radius 1 is 1.40 bits per heavy atom. The predicted molar refractivity (Wildman–Crippen MR) is 81.2 cm³/mol. The molecule has 0 unspecified atom stereocenters. The lowest BCUT2D eigenvalue weighted by atomic mass is 10.2.